The topological polar surface area (TPSA) is 130 Å². The Morgan fingerprint density at radius 3 is 1.71 bits per heavy atom. The van der Waals surface area contributed by atoms with E-state index in [0.29, 0.717) is 0 Å². The van der Waals surface area contributed by atoms with Crippen LogP contribution in [0.1, 0.15) is 30.9 Å². The minimum absolute atomic E-state index is 0. The van der Waals surface area contributed by atoms with Crippen LogP contribution in [0, 0.1) is 5.95 Å². The number of aliphatic hydroxyl groups is 1. The van der Waals surface area contributed by atoms with Gasteiger partial charge in [-0.15, -0.1) is 0 Å². The SMILES string of the molecule is C.O=C(O)c1cccnc1F.O=C(O)c1cccnc1OCC(F)(F)F.OCC(F)(F)F.[2H]CF.[H-].[Na+]. The number of pyridine rings is 2. The molecule has 2 aromatic heterocycles. The molecule has 8 nitrogen and oxygen atoms in total. The van der Waals surface area contributed by atoms with E-state index in [1.807, 2.05) is 0 Å². The molecule has 0 radical (unpaired) electrons. The molecule has 17 heteroatoms. The second-order valence-corrected chi connectivity index (χ2v) is 4.99. The van der Waals surface area contributed by atoms with Gasteiger partial charge in [-0.2, -0.15) is 30.7 Å². The van der Waals surface area contributed by atoms with Gasteiger partial charge < -0.3 is 21.5 Å². The Kier molecular flexibility index (Phi) is 20.8. The molecule has 0 bridgehead atoms. The molecule has 3 N–H and O–H groups in total. The molecule has 0 aliphatic rings. The van der Waals surface area contributed by atoms with E-state index in [4.69, 9.17) is 16.7 Å². The monoisotopic (exact) mass is 537 g/mol. The first-order valence-corrected chi connectivity index (χ1v) is 7.84. The molecule has 35 heavy (non-hydrogen) atoms. The summed E-state index contributed by atoms with van der Waals surface area (Å²) in [5.41, 5.74) is -0.802. The number of aromatic nitrogens is 2. The zero-order valence-electron chi connectivity index (χ0n) is 19.1. The molecule has 0 aliphatic heterocycles. The fourth-order valence-corrected chi connectivity index (χ4v) is 1.36. The molecule has 0 saturated heterocycles. The molecule has 2 rings (SSSR count). The first-order valence-electron chi connectivity index (χ1n) is 8.54. The maximum Gasteiger partial charge on any atom is 1.00 e. The van der Waals surface area contributed by atoms with Crippen LogP contribution in [0.5, 0.6) is 5.88 Å². The van der Waals surface area contributed by atoms with Gasteiger partial charge in [0.1, 0.15) is 17.7 Å². The van der Waals surface area contributed by atoms with Crippen LogP contribution in [-0.2, 0) is 0 Å². The second kappa shape index (κ2) is 19.7. The van der Waals surface area contributed by atoms with Crippen LogP contribution in [0.15, 0.2) is 36.7 Å². The first-order chi connectivity index (χ1) is 15.6. The molecule has 0 fully saturated rings. The molecule has 0 unspecified atom stereocenters. The van der Waals surface area contributed by atoms with Gasteiger partial charge >= 0.3 is 53.8 Å². The third kappa shape index (κ3) is 20.5. The van der Waals surface area contributed by atoms with E-state index >= 15 is 0 Å². The number of alkyl halides is 7. The quantitative estimate of drug-likeness (QED) is 0.304. The molecular formula is C18H21F8N2NaO6. The molecular weight excluding hydrogens is 515 g/mol. The summed E-state index contributed by atoms with van der Waals surface area (Å²) in [6.07, 6.45) is -6.58. The van der Waals surface area contributed by atoms with Crippen molar-refractivity contribution in [1.82, 2.24) is 9.97 Å². The number of rotatable bonds is 4. The van der Waals surface area contributed by atoms with Crippen LogP contribution in [0.2, 0.25) is 0 Å². The summed E-state index contributed by atoms with van der Waals surface area (Å²) in [6.45, 7) is -3.29. The summed E-state index contributed by atoms with van der Waals surface area (Å²) < 4.78 is 99.0. The van der Waals surface area contributed by atoms with E-state index in [2.05, 4.69) is 14.7 Å². The van der Waals surface area contributed by atoms with Crippen LogP contribution in [0.4, 0.5) is 35.1 Å². The van der Waals surface area contributed by atoms with Crippen molar-refractivity contribution in [2.75, 3.05) is 20.4 Å². The third-order valence-electron chi connectivity index (χ3n) is 2.54. The largest absolute Gasteiger partial charge is 1.00 e. The predicted octanol–water partition coefficient (Wildman–Crippen LogP) is 1.52. The average molecular weight is 537 g/mol. The van der Waals surface area contributed by atoms with Crippen molar-refractivity contribution >= 4 is 11.9 Å². The Labute approximate surface area is 218 Å². The van der Waals surface area contributed by atoms with Crippen molar-refractivity contribution in [2.45, 2.75) is 19.8 Å². The fraction of sp³-hybridized carbons (Fsp3) is 0.333. The number of carbonyl (C=O) groups is 2. The average Bonchev–Trinajstić information content (AvgIpc) is 2.73. The van der Waals surface area contributed by atoms with Gasteiger partial charge in [-0.1, -0.05) is 7.43 Å². The van der Waals surface area contributed by atoms with Gasteiger partial charge in [-0.25, -0.2) is 19.6 Å². The van der Waals surface area contributed by atoms with Crippen LogP contribution < -0.4 is 34.3 Å². The molecule has 0 aromatic carbocycles. The molecule has 196 valence electrons. The summed E-state index contributed by atoms with van der Waals surface area (Å²) in [6, 6.07) is 4.93. The summed E-state index contributed by atoms with van der Waals surface area (Å²) in [5.74, 6) is -4.18. The van der Waals surface area contributed by atoms with Crippen molar-refractivity contribution in [3.8, 4) is 5.88 Å². The van der Waals surface area contributed by atoms with Gasteiger partial charge in [0, 0.05) is 12.4 Å². The number of hydrogen-bond acceptors (Lipinski definition) is 6. The number of hydrogen-bond donors (Lipinski definition) is 3. The summed E-state index contributed by atoms with van der Waals surface area (Å²) >= 11 is 0. The van der Waals surface area contributed by atoms with Gasteiger partial charge in [0.25, 0.3) is 0 Å². The standard InChI is InChI=1S/C8H6F3NO3.C6H4FNO2.C2H3F3O.CH3F.CH4.Na.H/c9-8(10,11)4-15-6-5(7(13)14)2-1-3-12-6;7-5-4(6(9)10)2-1-3-8-5;3-2(4,5)1-6;1-2;;;/h1-3H,4H2,(H,13,14);1-3H,(H,9,10);6H,1H2;1H3;1H4;;/q;;;;;+1;-1/i;;;1D;;;. The minimum Gasteiger partial charge on any atom is -1.00 e. The number of carboxylic acids is 2. The number of halogens is 8. The fourth-order valence-electron chi connectivity index (χ4n) is 1.36. The van der Waals surface area contributed by atoms with E-state index in [0.717, 1.165) is 18.3 Å². The smallest absolute Gasteiger partial charge is 1.00 e. The number of ether oxygens (including phenoxy) is 1. The first kappa shape index (κ1) is 37.0. The van der Waals surface area contributed by atoms with E-state index in [1.54, 1.807) is 0 Å². The third-order valence-corrected chi connectivity index (χ3v) is 2.54. The summed E-state index contributed by atoms with van der Waals surface area (Å²) in [7, 11) is -1.00. The van der Waals surface area contributed by atoms with Crippen LogP contribution in [-0.4, -0.2) is 69.9 Å². The van der Waals surface area contributed by atoms with Gasteiger partial charge in [0.05, 0.1) is 8.52 Å². The van der Waals surface area contributed by atoms with Crippen molar-refractivity contribution in [3.05, 3.63) is 53.7 Å². The van der Waals surface area contributed by atoms with E-state index in [1.165, 1.54) is 18.3 Å². The van der Waals surface area contributed by atoms with Gasteiger partial charge in [-0.3, -0.25) is 4.39 Å². The van der Waals surface area contributed by atoms with E-state index < -0.39 is 67.6 Å². The minimum atomic E-state index is -4.52. The summed E-state index contributed by atoms with van der Waals surface area (Å²) in [5, 5.41) is 24.2. The molecule has 2 heterocycles. The number of nitrogens with zero attached hydrogens (tertiary/aromatic N) is 2. The van der Waals surface area contributed by atoms with Gasteiger partial charge in [0.2, 0.25) is 11.8 Å². The zero-order chi connectivity index (χ0) is 26.9. The normalized spacial score (nSPS) is 10.0. The number of aromatic carboxylic acids is 2. The molecule has 0 spiro atoms. The van der Waals surface area contributed by atoms with Crippen molar-refractivity contribution in [3.63, 3.8) is 0 Å². The zero-order valence-corrected chi connectivity index (χ0v) is 19.1. The maximum atomic E-state index is 12.3. The van der Waals surface area contributed by atoms with Crippen molar-refractivity contribution < 1.29 is 97.1 Å². The van der Waals surface area contributed by atoms with E-state index in [-0.39, 0.29) is 38.4 Å². The summed E-state index contributed by atoms with van der Waals surface area (Å²) in [4.78, 5) is 27.2. The van der Waals surface area contributed by atoms with Crippen LogP contribution >= 0.6 is 0 Å². The van der Waals surface area contributed by atoms with Crippen LogP contribution in [0.3, 0.4) is 0 Å². The van der Waals surface area contributed by atoms with E-state index in [9.17, 15) is 44.7 Å². The molecule has 0 atom stereocenters. The van der Waals surface area contributed by atoms with Crippen molar-refractivity contribution in [2.24, 2.45) is 0 Å². The molecule has 0 aliphatic carbocycles. The Balaban J connectivity index is -0.000000136. The number of aliphatic hydroxyl groups excluding tert-OH is 1. The molecule has 2 aromatic rings. The Hall–Kier alpha value is -2.56. The molecule has 0 amide bonds. The Bertz CT molecular complexity index is 896. The Morgan fingerprint density at radius 1 is 1.00 bits per heavy atom. The molecule has 0 saturated carbocycles. The van der Waals surface area contributed by atoms with Crippen molar-refractivity contribution in [1.29, 1.82) is 0 Å². The maximum absolute atomic E-state index is 12.3. The number of carboxylic acid groups (broad SMARTS) is 2. The second-order valence-electron chi connectivity index (χ2n) is 4.99. The van der Waals surface area contributed by atoms with Gasteiger partial charge in [-0.05, 0) is 24.3 Å². The predicted molar refractivity (Wildman–Crippen MR) is 102 cm³/mol. The van der Waals surface area contributed by atoms with Crippen LogP contribution in [0.25, 0.3) is 0 Å². The van der Waals surface area contributed by atoms with Gasteiger partial charge in [0.15, 0.2) is 6.61 Å². The Morgan fingerprint density at radius 2 is 1.40 bits per heavy atom.